The molecule has 0 saturated carbocycles. The highest BCUT2D eigenvalue weighted by Crippen LogP contribution is 2.23. The first kappa shape index (κ1) is 98.9. The molecule has 0 spiro atoms. The number of allylic oxidation sites excluding steroid dienone is 2. The lowest BCUT2D eigenvalue weighted by molar-refractivity contribution is -0.151. The molecule has 2 unspecified atom stereocenters. The van der Waals surface area contributed by atoms with Crippen LogP contribution in [0.15, 0.2) is 24.3 Å². The zero-order valence-corrected chi connectivity index (χ0v) is 69.6. The van der Waals surface area contributed by atoms with E-state index >= 15 is 0 Å². The largest absolute Gasteiger partial charge is 0.462 e. The first-order valence-corrected chi connectivity index (χ1v) is 44.7. The summed E-state index contributed by atoms with van der Waals surface area (Å²) in [6.07, 6.45) is 65.1. The molecule has 0 aromatic rings. The first-order chi connectivity index (χ1) is 49.6. The average Bonchev–Trinajstić information content (AvgIpc) is 3.15. The Kier molecular flexibility index (Phi) is 73.8. The van der Waals surface area contributed by atoms with E-state index in [0.29, 0.717) is 38.9 Å². The predicted octanol–water partition coefficient (Wildman–Crippen LogP) is 24.2. The summed E-state index contributed by atoms with van der Waals surface area (Å²) in [5.41, 5.74) is 0. The van der Waals surface area contributed by atoms with Gasteiger partial charge in [0.25, 0.3) is 10.5 Å². The fraction of sp³-hybridized carbons (Fsp3) is 0.884. The Morgan fingerprint density at radius 3 is 0.922 bits per heavy atom. The number of nitrogens with zero attached hydrogens (tertiary/aromatic N) is 4. The van der Waals surface area contributed by atoms with Crippen LogP contribution in [0.2, 0.25) is 0 Å². The molecular weight excluding hydrogens is 1310 g/mol. The molecule has 2 amide bonds. The van der Waals surface area contributed by atoms with Gasteiger partial charge in [0.1, 0.15) is 25.4 Å². The van der Waals surface area contributed by atoms with Crippen LogP contribution in [-0.2, 0) is 38.1 Å². The summed E-state index contributed by atoms with van der Waals surface area (Å²) in [6.45, 7) is 16.9. The Bertz CT molecular complexity index is 1980. The van der Waals surface area contributed by atoms with Gasteiger partial charge in [-0.1, -0.05) is 275 Å². The van der Waals surface area contributed by atoms with E-state index in [1.165, 1.54) is 146 Å². The minimum atomic E-state index is -0.121. The Morgan fingerprint density at radius 2 is 0.569 bits per heavy atom. The van der Waals surface area contributed by atoms with E-state index in [1.807, 2.05) is 40.3 Å². The zero-order valence-electron chi connectivity index (χ0n) is 68.0. The van der Waals surface area contributed by atoms with Crippen molar-refractivity contribution < 1.29 is 47.7 Å². The number of hydrogen-bond acceptors (Lipinski definition) is 14. The van der Waals surface area contributed by atoms with Crippen molar-refractivity contribution in [2.75, 3.05) is 92.2 Å². The van der Waals surface area contributed by atoms with Crippen LogP contribution in [0.1, 0.15) is 381 Å². The van der Waals surface area contributed by atoms with E-state index in [2.05, 4.69) is 66.4 Å². The first-order valence-electron chi connectivity index (χ1n) is 42.8. The molecule has 598 valence electrons. The molecule has 0 aliphatic heterocycles. The van der Waals surface area contributed by atoms with Gasteiger partial charge in [-0.3, -0.25) is 28.8 Å². The number of carbonyl (C=O) groups excluding carboxylic acids is 6. The number of amides is 2. The van der Waals surface area contributed by atoms with E-state index in [-0.39, 0.29) is 46.6 Å². The summed E-state index contributed by atoms with van der Waals surface area (Å²) < 4.78 is 23.0. The Hall–Kier alpha value is -3.08. The van der Waals surface area contributed by atoms with Crippen molar-refractivity contribution >= 4 is 57.9 Å². The van der Waals surface area contributed by atoms with Crippen molar-refractivity contribution in [3.63, 3.8) is 0 Å². The average molecular weight is 1480 g/mol. The third kappa shape index (κ3) is 69.9. The van der Waals surface area contributed by atoms with Gasteiger partial charge in [-0.15, -0.1) is 0 Å². The lowest BCUT2D eigenvalue weighted by Gasteiger charge is -2.22. The van der Waals surface area contributed by atoms with Crippen LogP contribution in [0.25, 0.3) is 0 Å². The summed E-state index contributed by atoms with van der Waals surface area (Å²) in [5, 5.41) is 0.360. The molecule has 0 rings (SSSR count). The van der Waals surface area contributed by atoms with Gasteiger partial charge in [0, 0.05) is 76.5 Å². The molecule has 16 heteroatoms. The second-order valence-electron chi connectivity index (χ2n) is 30.2. The van der Waals surface area contributed by atoms with Crippen LogP contribution in [0.5, 0.6) is 0 Å². The van der Waals surface area contributed by atoms with E-state index in [4.69, 9.17) is 18.9 Å². The highest BCUT2D eigenvalue weighted by atomic mass is 32.2. The molecule has 2 atom stereocenters. The maximum atomic E-state index is 13.3. The number of thioether (sulfide) groups is 2. The predicted molar refractivity (Wildman–Crippen MR) is 437 cm³/mol. The second-order valence-corrected chi connectivity index (χ2v) is 32.3. The summed E-state index contributed by atoms with van der Waals surface area (Å²) in [6, 6.07) is 0. The number of carbonyl (C=O) groups is 6. The van der Waals surface area contributed by atoms with Crippen LogP contribution < -0.4 is 0 Å². The minimum absolute atomic E-state index is 0.0324. The topological polar surface area (TPSA) is 152 Å². The molecular formula is C86H162N4O10S2. The third-order valence-electron chi connectivity index (χ3n) is 19.5. The van der Waals surface area contributed by atoms with Crippen LogP contribution in [0, 0.1) is 5.92 Å². The number of unbranched alkanes of at least 4 members (excludes halogenated alkanes) is 34. The maximum Gasteiger partial charge on any atom is 0.306 e. The van der Waals surface area contributed by atoms with Gasteiger partial charge >= 0.3 is 23.9 Å². The molecule has 14 nitrogen and oxygen atoms in total. The van der Waals surface area contributed by atoms with Crippen LogP contribution >= 0.6 is 23.5 Å². The lowest BCUT2D eigenvalue weighted by Crippen LogP contribution is -2.30. The van der Waals surface area contributed by atoms with Gasteiger partial charge in [-0.05, 0) is 163 Å². The Morgan fingerprint density at radius 1 is 0.304 bits per heavy atom. The molecule has 0 radical (unpaired) electrons. The third-order valence-corrected chi connectivity index (χ3v) is 21.3. The number of hydrogen-bond donors (Lipinski definition) is 0. The molecule has 0 heterocycles. The van der Waals surface area contributed by atoms with Crippen molar-refractivity contribution in [2.24, 2.45) is 5.92 Å². The molecule has 102 heavy (non-hydrogen) atoms. The minimum Gasteiger partial charge on any atom is -0.462 e. The smallest absolute Gasteiger partial charge is 0.306 e. The summed E-state index contributed by atoms with van der Waals surface area (Å²) in [5.74, 6) is 2.01. The normalized spacial score (nSPS) is 12.4. The van der Waals surface area contributed by atoms with E-state index in [9.17, 15) is 28.8 Å². The fourth-order valence-electron chi connectivity index (χ4n) is 12.8. The van der Waals surface area contributed by atoms with Crippen molar-refractivity contribution in [3.8, 4) is 0 Å². The molecule has 0 aliphatic rings. The molecule has 0 aromatic carbocycles. The standard InChI is InChI=1S/C86H162N4O10S2/c1-10-14-18-20-21-40-56-74-97-81(91)64-48-32-23-36-52-68-90(86(96)102-77-73-88(8)9)71-55-39-26-35-51-67-84(94)100-80(62-46-28-19-15-11-2)63-47-31-22-29-44-58-78(5)59-45-30-27-41-57-75-98-82(92)65-49-33-24-37-53-69-89(85(95)101-76-72-87(6)7)70-54-38-25-34-50-66-83(93)99-79(60-42-16-12-3)61-43-17-13-4/h40-41,56-57,78-80H,10-39,42-55,58-77H2,1-9H3/b56-40-,57-41-. The quantitative estimate of drug-likeness (QED) is 0.0246. The van der Waals surface area contributed by atoms with Gasteiger partial charge in [-0.2, -0.15) is 0 Å². The van der Waals surface area contributed by atoms with Crippen LogP contribution in [0.4, 0.5) is 9.59 Å². The number of rotatable bonds is 76. The van der Waals surface area contributed by atoms with Gasteiger partial charge in [-0.25, -0.2) is 0 Å². The summed E-state index contributed by atoms with van der Waals surface area (Å²) in [4.78, 5) is 85.3. The SMILES string of the molecule is CCCCCC/C=C\COC(=O)CCCCCCCN(CCCCCCCC(=O)OC(CCCCCCC)CCCCCCCC(C)CCCC/C=C\COC(=O)CCCCCCCN(CCCCCCCC(=O)OC(CCCCC)CCCCC)C(=O)SCCN(C)C)C(=O)SCCN(C)C. The molecule has 0 saturated heterocycles. The van der Waals surface area contributed by atoms with Crippen molar-refractivity contribution in [1.82, 2.24) is 19.6 Å². The van der Waals surface area contributed by atoms with Gasteiger partial charge in [0.2, 0.25) is 0 Å². The van der Waals surface area contributed by atoms with E-state index in [0.717, 1.165) is 256 Å². The zero-order chi connectivity index (χ0) is 74.8. The summed E-state index contributed by atoms with van der Waals surface area (Å²) in [7, 11) is 8.17. The van der Waals surface area contributed by atoms with Gasteiger partial charge in [0.15, 0.2) is 0 Å². The molecule has 0 aromatic heterocycles. The summed E-state index contributed by atoms with van der Waals surface area (Å²) >= 11 is 2.86. The van der Waals surface area contributed by atoms with E-state index in [1.54, 1.807) is 0 Å². The fourth-order valence-corrected chi connectivity index (χ4v) is 14.8. The van der Waals surface area contributed by atoms with E-state index < -0.39 is 0 Å². The van der Waals surface area contributed by atoms with Crippen molar-refractivity contribution in [1.29, 1.82) is 0 Å². The molecule has 0 aliphatic carbocycles. The number of esters is 4. The molecule has 0 bridgehead atoms. The van der Waals surface area contributed by atoms with Gasteiger partial charge in [0.05, 0.1) is 0 Å². The van der Waals surface area contributed by atoms with Gasteiger partial charge < -0.3 is 38.5 Å². The number of ether oxygens (including phenoxy) is 4. The Balaban J connectivity index is 4.40. The molecule has 0 N–H and O–H groups in total. The van der Waals surface area contributed by atoms with Crippen molar-refractivity contribution in [3.05, 3.63) is 24.3 Å². The highest BCUT2D eigenvalue weighted by Gasteiger charge is 2.19. The monoisotopic (exact) mass is 1480 g/mol. The van der Waals surface area contributed by atoms with Crippen LogP contribution in [0.3, 0.4) is 0 Å². The lowest BCUT2D eigenvalue weighted by atomic mass is 9.96. The van der Waals surface area contributed by atoms with Crippen molar-refractivity contribution in [2.45, 2.75) is 394 Å². The Labute approximate surface area is 637 Å². The van der Waals surface area contributed by atoms with Crippen LogP contribution in [-0.4, -0.2) is 158 Å². The molecule has 0 fully saturated rings. The highest BCUT2D eigenvalue weighted by molar-refractivity contribution is 8.13. The second kappa shape index (κ2) is 76.1. The maximum absolute atomic E-state index is 13.3.